The predicted molar refractivity (Wildman–Crippen MR) is 103 cm³/mol. The van der Waals surface area contributed by atoms with Gasteiger partial charge in [-0.1, -0.05) is 12.1 Å². The highest BCUT2D eigenvalue weighted by molar-refractivity contribution is 5.96. The molecule has 152 valence electrons. The third kappa shape index (κ3) is 4.93. The topological polar surface area (TPSA) is 71.1 Å². The lowest BCUT2D eigenvalue weighted by Gasteiger charge is -2.37. The molecule has 0 bridgehead atoms. The van der Waals surface area contributed by atoms with E-state index >= 15 is 0 Å². The number of benzene rings is 1. The van der Waals surface area contributed by atoms with E-state index in [4.69, 9.17) is 18.9 Å². The predicted octanol–water partition coefficient (Wildman–Crippen LogP) is 3.71. The maximum absolute atomic E-state index is 12.8. The molecule has 0 N–H and O–H groups in total. The van der Waals surface area contributed by atoms with Crippen LogP contribution in [-0.4, -0.2) is 36.2 Å². The molecule has 28 heavy (non-hydrogen) atoms. The zero-order chi connectivity index (χ0) is 20.3. The molecule has 6 nitrogen and oxygen atoms in total. The number of aryl methyl sites for hydroxylation is 1. The first kappa shape index (κ1) is 20.4. The number of esters is 1. The Morgan fingerprint density at radius 1 is 1.21 bits per heavy atom. The highest BCUT2D eigenvalue weighted by Crippen LogP contribution is 2.35. The summed E-state index contributed by atoms with van der Waals surface area (Å²) < 4.78 is 22.6. The molecule has 1 heterocycles. The number of hydrogen-bond donors (Lipinski definition) is 0. The van der Waals surface area contributed by atoms with Gasteiger partial charge in [0.25, 0.3) is 0 Å². The van der Waals surface area contributed by atoms with Gasteiger partial charge in [0.15, 0.2) is 6.10 Å². The molecule has 1 aliphatic heterocycles. The van der Waals surface area contributed by atoms with Crippen molar-refractivity contribution in [3.63, 3.8) is 0 Å². The second-order valence-electron chi connectivity index (χ2n) is 7.74. The Morgan fingerprint density at radius 2 is 2.00 bits per heavy atom. The lowest BCUT2D eigenvalue weighted by molar-refractivity contribution is -0.168. The van der Waals surface area contributed by atoms with E-state index in [0.29, 0.717) is 25.0 Å². The van der Waals surface area contributed by atoms with Gasteiger partial charge in [-0.15, -0.1) is 0 Å². The van der Waals surface area contributed by atoms with E-state index in [1.165, 1.54) is 6.26 Å². The Morgan fingerprint density at radius 3 is 2.71 bits per heavy atom. The number of ether oxygens (including phenoxy) is 4. The van der Waals surface area contributed by atoms with Crippen molar-refractivity contribution in [3.8, 4) is 5.75 Å². The molecule has 1 saturated carbocycles. The van der Waals surface area contributed by atoms with Crippen molar-refractivity contribution in [1.29, 1.82) is 0 Å². The average Bonchev–Trinajstić information content (AvgIpc) is 2.63. The lowest BCUT2D eigenvalue weighted by Crippen LogP contribution is -2.44. The van der Waals surface area contributed by atoms with Crippen LogP contribution >= 0.6 is 0 Å². The summed E-state index contributed by atoms with van der Waals surface area (Å²) in [6.45, 7) is 7.27. The Labute approximate surface area is 165 Å². The number of rotatable bonds is 6. The van der Waals surface area contributed by atoms with Crippen LogP contribution in [0.2, 0.25) is 0 Å². The zero-order valence-corrected chi connectivity index (χ0v) is 16.8. The number of hydrogen-bond acceptors (Lipinski definition) is 6. The fraction of sp³-hybridized carbons (Fsp3) is 0.545. The van der Waals surface area contributed by atoms with Crippen LogP contribution in [0.15, 0.2) is 36.3 Å². The molecule has 0 radical (unpaired) electrons. The van der Waals surface area contributed by atoms with Gasteiger partial charge in [-0.3, -0.25) is 4.79 Å². The molecular formula is C22H28O6. The molecule has 1 aromatic rings. The summed E-state index contributed by atoms with van der Waals surface area (Å²) in [4.78, 5) is 24.8. The van der Waals surface area contributed by atoms with Gasteiger partial charge in [-0.25, -0.2) is 4.79 Å². The summed E-state index contributed by atoms with van der Waals surface area (Å²) in [5, 5.41) is 0. The van der Waals surface area contributed by atoms with Crippen molar-refractivity contribution in [1.82, 2.24) is 0 Å². The minimum atomic E-state index is -0.640. The number of Topliss-reactive ketones (excluding diaryl/α,β-unsaturated/α-hetero) is 1. The van der Waals surface area contributed by atoms with Crippen molar-refractivity contribution in [2.45, 2.75) is 71.4 Å². The van der Waals surface area contributed by atoms with E-state index in [2.05, 4.69) is 0 Å². The monoisotopic (exact) mass is 388 g/mol. The summed E-state index contributed by atoms with van der Waals surface area (Å²) in [5.41, 5.74) is 1.06. The van der Waals surface area contributed by atoms with Crippen molar-refractivity contribution in [2.75, 3.05) is 0 Å². The van der Waals surface area contributed by atoms with Gasteiger partial charge < -0.3 is 18.9 Å². The molecule has 0 saturated heterocycles. The summed E-state index contributed by atoms with van der Waals surface area (Å²) >= 11 is 0. The van der Waals surface area contributed by atoms with Crippen molar-refractivity contribution < 1.29 is 28.5 Å². The second-order valence-corrected chi connectivity index (χ2v) is 7.74. The number of carbonyl (C=O) groups is 2. The molecule has 1 aliphatic carbocycles. The summed E-state index contributed by atoms with van der Waals surface area (Å²) in [6.07, 6.45) is 2.07. The van der Waals surface area contributed by atoms with Gasteiger partial charge in [0, 0.05) is 6.42 Å². The number of ketones is 1. The fourth-order valence-corrected chi connectivity index (χ4v) is 3.61. The molecule has 1 aromatic carbocycles. The molecule has 6 heteroatoms. The summed E-state index contributed by atoms with van der Waals surface area (Å²) in [7, 11) is 0. The summed E-state index contributed by atoms with van der Waals surface area (Å²) in [5.74, 6) is 0.203. The van der Waals surface area contributed by atoms with Gasteiger partial charge in [-0.05, 0) is 58.2 Å². The number of allylic oxidation sites excluding steroid dienone is 1. The van der Waals surface area contributed by atoms with E-state index in [-0.39, 0.29) is 41.7 Å². The fourth-order valence-electron chi connectivity index (χ4n) is 3.61. The summed E-state index contributed by atoms with van der Waals surface area (Å²) in [6, 6.07) is 7.55. The molecule has 1 fully saturated rings. The van der Waals surface area contributed by atoms with Gasteiger partial charge >= 0.3 is 5.97 Å². The Hall–Kier alpha value is -2.34. The lowest BCUT2D eigenvalue weighted by atomic mass is 9.80. The maximum atomic E-state index is 12.8. The third-order valence-corrected chi connectivity index (χ3v) is 4.97. The van der Waals surface area contributed by atoms with Crippen LogP contribution in [0.4, 0.5) is 0 Å². The first-order chi connectivity index (χ1) is 13.3. The molecule has 3 rings (SSSR count). The van der Waals surface area contributed by atoms with Crippen LogP contribution in [-0.2, 0) is 23.8 Å². The van der Waals surface area contributed by atoms with Crippen LogP contribution in [0.5, 0.6) is 5.75 Å². The number of carbonyl (C=O) groups excluding carboxylic acids is 2. The van der Waals surface area contributed by atoms with Crippen LogP contribution in [0.25, 0.3) is 0 Å². The quantitative estimate of drug-likeness (QED) is 0.692. The average molecular weight is 388 g/mol. The first-order valence-electron chi connectivity index (χ1n) is 9.83. The van der Waals surface area contributed by atoms with E-state index in [0.717, 1.165) is 5.56 Å². The smallest absolute Gasteiger partial charge is 0.335 e. The largest absolute Gasteiger partial charge is 0.493 e. The Bertz CT molecular complexity index is 753. The van der Waals surface area contributed by atoms with E-state index in [1.54, 1.807) is 20.8 Å². The minimum absolute atomic E-state index is 0.0385. The van der Waals surface area contributed by atoms with Crippen molar-refractivity contribution in [2.24, 2.45) is 5.92 Å². The maximum Gasteiger partial charge on any atom is 0.335 e. The minimum Gasteiger partial charge on any atom is -0.493 e. The van der Waals surface area contributed by atoms with Gasteiger partial charge in [-0.2, -0.15) is 0 Å². The van der Waals surface area contributed by atoms with Crippen LogP contribution in [0, 0.1) is 12.8 Å². The van der Waals surface area contributed by atoms with E-state index < -0.39 is 6.10 Å². The normalized spacial score (nSPS) is 25.4. The SMILES string of the molecule is Cc1cccc(OC2=COC3CC(OC(C)C(=O)OC(C)C)CCC3C2=O)c1. The molecule has 0 amide bonds. The molecule has 4 unspecified atom stereocenters. The highest BCUT2D eigenvalue weighted by Gasteiger charge is 2.42. The molecular weight excluding hydrogens is 360 g/mol. The second kappa shape index (κ2) is 8.78. The molecule has 0 aromatic heterocycles. The van der Waals surface area contributed by atoms with Crippen molar-refractivity contribution in [3.05, 3.63) is 41.9 Å². The van der Waals surface area contributed by atoms with E-state index in [1.807, 2.05) is 31.2 Å². The zero-order valence-electron chi connectivity index (χ0n) is 16.8. The molecule has 0 spiro atoms. The first-order valence-corrected chi connectivity index (χ1v) is 9.83. The van der Waals surface area contributed by atoms with Crippen LogP contribution in [0.1, 0.15) is 45.6 Å². The molecule has 2 aliphatic rings. The Balaban J connectivity index is 1.58. The van der Waals surface area contributed by atoms with Crippen molar-refractivity contribution >= 4 is 11.8 Å². The third-order valence-electron chi connectivity index (χ3n) is 4.97. The standard InChI is InChI=1S/C22H28O6/c1-13(2)26-22(24)15(4)27-17-8-9-18-19(11-17)25-12-20(21(18)23)28-16-7-5-6-14(3)10-16/h5-7,10,12-13,15,17-19H,8-9,11H2,1-4H3. The van der Waals surface area contributed by atoms with Gasteiger partial charge in [0.05, 0.1) is 18.1 Å². The van der Waals surface area contributed by atoms with Gasteiger partial charge in [0.2, 0.25) is 11.5 Å². The Kier molecular flexibility index (Phi) is 6.39. The van der Waals surface area contributed by atoms with E-state index in [9.17, 15) is 9.59 Å². The molecule has 4 atom stereocenters. The number of fused-ring (bicyclic) bond motifs is 1. The highest BCUT2D eigenvalue weighted by atomic mass is 16.6. The van der Waals surface area contributed by atoms with Gasteiger partial charge in [0.1, 0.15) is 18.1 Å². The van der Waals surface area contributed by atoms with Crippen LogP contribution in [0.3, 0.4) is 0 Å². The van der Waals surface area contributed by atoms with Crippen LogP contribution < -0.4 is 4.74 Å².